The highest BCUT2D eigenvalue weighted by molar-refractivity contribution is 5.92. The maximum absolute atomic E-state index is 5.61. The van der Waals surface area contributed by atoms with Gasteiger partial charge in [-0.15, -0.1) is 0 Å². The van der Waals surface area contributed by atoms with E-state index in [0.717, 1.165) is 74.9 Å². The van der Waals surface area contributed by atoms with E-state index in [2.05, 4.69) is 50.9 Å². The third kappa shape index (κ3) is 4.39. The minimum atomic E-state index is 0.484. The monoisotopic (exact) mass is 488 g/mol. The van der Waals surface area contributed by atoms with Gasteiger partial charge in [0, 0.05) is 69.7 Å². The highest BCUT2D eigenvalue weighted by Gasteiger charge is 2.30. The first-order valence-corrected chi connectivity index (χ1v) is 13.1. The standard InChI is InChI=1S/C28H36N6O2/c1-31-10-12-32(13-11-31)23-6-4-5-7-24(23)33-14-16-34(17-15-33)28-21-18-25(35-2)26(36-3)19-22(21)29-27(30-28)20-8-9-20/h4-7,18-20H,8-17H2,1-3H3. The maximum Gasteiger partial charge on any atom is 0.162 e. The predicted octanol–water partition coefficient (Wildman–Crippen LogP) is 3.60. The van der Waals surface area contributed by atoms with Crippen molar-refractivity contribution in [1.82, 2.24) is 14.9 Å². The number of hydrogen-bond acceptors (Lipinski definition) is 8. The van der Waals surface area contributed by atoms with E-state index in [1.54, 1.807) is 14.2 Å². The van der Waals surface area contributed by atoms with Crippen LogP contribution in [0, 0.1) is 0 Å². The molecule has 2 aliphatic heterocycles. The molecule has 0 radical (unpaired) electrons. The summed E-state index contributed by atoms with van der Waals surface area (Å²) in [6.45, 7) is 8.14. The maximum atomic E-state index is 5.61. The molecule has 36 heavy (non-hydrogen) atoms. The van der Waals surface area contributed by atoms with Crippen molar-refractivity contribution >= 4 is 28.1 Å². The lowest BCUT2D eigenvalue weighted by Crippen LogP contribution is -2.48. The van der Waals surface area contributed by atoms with E-state index >= 15 is 0 Å². The summed E-state index contributed by atoms with van der Waals surface area (Å²) < 4.78 is 11.2. The number of piperazine rings is 2. The van der Waals surface area contributed by atoms with Crippen LogP contribution in [0.5, 0.6) is 11.5 Å². The van der Waals surface area contributed by atoms with E-state index in [4.69, 9.17) is 19.4 Å². The Bertz CT molecular complexity index is 1230. The molecule has 1 saturated carbocycles. The van der Waals surface area contributed by atoms with Crippen molar-refractivity contribution in [3.63, 3.8) is 0 Å². The highest BCUT2D eigenvalue weighted by Crippen LogP contribution is 2.42. The van der Waals surface area contributed by atoms with E-state index in [9.17, 15) is 0 Å². The Morgan fingerprint density at radius 3 is 1.86 bits per heavy atom. The summed E-state index contributed by atoms with van der Waals surface area (Å²) in [6.07, 6.45) is 2.35. The molecular weight excluding hydrogens is 452 g/mol. The fourth-order valence-corrected chi connectivity index (χ4v) is 5.43. The lowest BCUT2D eigenvalue weighted by atomic mass is 10.1. The Hall–Kier alpha value is -3.26. The van der Waals surface area contributed by atoms with E-state index in [0.29, 0.717) is 17.4 Å². The smallest absolute Gasteiger partial charge is 0.162 e. The quantitative estimate of drug-likeness (QED) is 0.522. The molecule has 8 nitrogen and oxygen atoms in total. The van der Waals surface area contributed by atoms with Crippen LogP contribution in [0.15, 0.2) is 36.4 Å². The average molecular weight is 489 g/mol. The molecule has 190 valence electrons. The molecule has 3 heterocycles. The van der Waals surface area contributed by atoms with Crippen LogP contribution in [0.4, 0.5) is 17.2 Å². The molecule has 3 fully saturated rings. The van der Waals surface area contributed by atoms with Crippen LogP contribution < -0.4 is 24.2 Å². The first-order chi connectivity index (χ1) is 17.6. The predicted molar refractivity (Wildman–Crippen MR) is 145 cm³/mol. The molecule has 6 rings (SSSR count). The van der Waals surface area contributed by atoms with Gasteiger partial charge in [-0.25, -0.2) is 9.97 Å². The number of anilines is 3. The van der Waals surface area contributed by atoms with Gasteiger partial charge < -0.3 is 29.1 Å². The van der Waals surface area contributed by atoms with Crippen LogP contribution >= 0.6 is 0 Å². The van der Waals surface area contributed by atoms with Crippen LogP contribution in [-0.4, -0.2) is 88.5 Å². The number of nitrogens with zero attached hydrogens (tertiary/aromatic N) is 6. The lowest BCUT2D eigenvalue weighted by molar-refractivity contribution is 0.313. The fraction of sp³-hybridized carbons (Fsp3) is 0.500. The van der Waals surface area contributed by atoms with Gasteiger partial charge in [0.05, 0.1) is 31.1 Å². The average Bonchev–Trinajstić information content (AvgIpc) is 3.78. The van der Waals surface area contributed by atoms with Crippen LogP contribution in [0.2, 0.25) is 0 Å². The molecule has 3 aliphatic rings. The molecular formula is C28H36N6O2. The second-order valence-electron chi connectivity index (χ2n) is 10.2. The normalized spacial score (nSPS) is 19.1. The Balaban J connectivity index is 1.27. The number of likely N-dealkylation sites (N-methyl/N-ethyl adjacent to an activating group) is 1. The number of para-hydroxylation sites is 2. The van der Waals surface area contributed by atoms with Gasteiger partial charge in [0.25, 0.3) is 0 Å². The molecule has 0 bridgehead atoms. The van der Waals surface area contributed by atoms with Crippen molar-refractivity contribution in [2.75, 3.05) is 88.3 Å². The minimum Gasteiger partial charge on any atom is -0.493 e. The molecule has 0 spiro atoms. The van der Waals surface area contributed by atoms with Crippen molar-refractivity contribution in [3.05, 3.63) is 42.2 Å². The summed E-state index contributed by atoms with van der Waals surface area (Å²) in [5.74, 6) is 3.90. The molecule has 0 amide bonds. The van der Waals surface area contributed by atoms with Crippen molar-refractivity contribution < 1.29 is 9.47 Å². The first kappa shape index (κ1) is 23.2. The van der Waals surface area contributed by atoms with E-state index in [-0.39, 0.29) is 0 Å². The summed E-state index contributed by atoms with van der Waals surface area (Å²) in [4.78, 5) is 19.9. The fourth-order valence-electron chi connectivity index (χ4n) is 5.43. The Morgan fingerprint density at radius 1 is 0.722 bits per heavy atom. The summed E-state index contributed by atoms with van der Waals surface area (Å²) in [5, 5.41) is 1.03. The molecule has 2 saturated heterocycles. The van der Waals surface area contributed by atoms with E-state index < -0.39 is 0 Å². The SMILES string of the molecule is COc1cc2nc(C3CC3)nc(N3CCN(c4ccccc4N4CCN(C)CC4)CC3)c2cc1OC. The third-order valence-corrected chi connectivity index (χ3v) is 7.79. The van der Waals surface area contributed by atoms with Crippen LogP contribution in [-0.2, 0) is 0 Å². The number of methoxy groups -OCH3 is 2. The molecule has 3 aromatic rings. The van der Waals surface area contributed by atoms with Gasteiger partial charge in [-0.05, 0) is 38.1 Å². The number of benzene rings is 2. The Labute approximate surface area is 213 Å². The first-order valence-electron chi connectivity index (χ1n) is 13.1. The highest BCUT2D eigenvalue weighted by atomic mass is 16.5. The summed E-state index contributed by atoms with van der Waals surface area (Å²) >= 11 is 0. The Morgan fingerprint density at radius 2 is 1.28 bits per heavy atom. The molecule has 8 heteroatoms. The van der Waals surface area contributed by atoms with E-state index in [1.165, 1.54) is 24.2 Å². The lowest BCUT2D eigenvalue weighted by Gasteiger charge is -2.40. The van der Waals surface area contributed by atoms with Gasteiger partial charge in [0.1, 0.15) is 11.6 Å². The van der Waals surface area contributed by atoms with Crippen molar-refractivity contribution in [3.8, 4) is 11.5 Å². The molecule has 2 aromatic carbocycles. The van der Waals surface area contributed by atoms with Gasteiger partial charge in [-0.1, -0.05) is 12.1 Å². The number of ether oxygens (including phenoxy) is 2. The molecule has 1 aliphatic carbocycles. The van der Waals surface area contributed by atoms with Gasteiger partial charge in [-0.3, -0.25) is 0 Å². The number of hydrogen-bond donors (Lipinski definition) is 0. The van der Waals surface area contributed by atoms with Crippen molar-refractivity contribution in [2.24, 2.45) is 0 Å². The van der Waals surface area contributed by atoms with Crippen LogP contribution in [0.1, 0.15) is 24.6 Å². The van der Waals surface area contributed by atoms with Gasteiger partial charge in [0.2, 0.25) is 0 Å². The molecule has 1 aromatic heterocycles. The van der Waals surface area contributed by atoms with Crippen LogP contribution in [0.25, 0.3) is 10.9 Å². The van der Waals surface area contributed by atoms with Gasteiger partial charge >= 0.3 is 0 Å². The Kier molecular flexibility index (Phi) is 6.21. The second-order valence-corrected chi connectivity index (χ2v) is 10.2. The minimum absolute atomic E-state index is 0.484. The van der Waals surface area contributed by atoms with Crippen molar-refractivity contribution in [2.45, 2.75) is 18.8 Å². The number of fused-ring (bicyclic) bond motifs is 1. The molecule has 0 atom stereocenters. The molecule has 0 unspecified atom stereocenters. The van der Waals surface area contributed by atoms with Gasteiger partial charge in [0.15, 0.2) is 11.5 Å². The summed E-state index contributed by atoms with van der Waals surface area (Å²) in [5.41, 5.74) is 3.64. The van der Waals surface area contributed by atoms with Gasteiger partial charge in [-0.2, -0.15) is 0 Å². The topological polar surface area (TPSA) is 57.2 Å². The summed E-state index contributed by atoms with van der Waals surface area (Å²) in [6, 6.07) is 12.9. The number of rotatable bonds is 6. The zero-order chi connectivity index (χ0) is 24.6. The van der Waals surface area contributed by atoms with E-state index in [1.807, 2.05) is 12.1 Å². The third-order valence-electron chi connectivity index (χ3n) is 7.79. The van der Waals surface area contributed by atoms with Crippen LogP contribution in [0.3, 0.4) is 0 Å². The summed E-state index contributed by atoms with van der Waals surface area (Å²) in [7, 11) is 5.56. The zero-order valence-corrected chi connectivity index (χ0v) is 21.6. The number of aromatic nitrogens is 2. The zero-order valence-electron chi connectivity index (χ0n) is 21.6. The second kappa shape index (κ2) is 9.65. The molecule has 0 N–H and O–H groups in total. The largest absolute Gasteiger partial charge is 0.493 e. The van der Waals surface area contributed by atoms with Crippen molar-refractivity contribution in [1.29, 1.82) is 0 Å².